The molecule has 0 spiro atoms. The van der Waals surface area contributed by atoms with Crippen LogP contribution in [0.15, 0.2) is 31.1 Å². The zero-order valence-corrected chi connectivity index (χ0v) is 21.2. The SMILES string of the molecule is CN(c1nc2sc(-c3cnc(-n4ccnc4)cn3)nc2s1)C1CC(C)(C)NC(C)(C)C1.Cl. The Morgan fingerprint density at radius 3 is 2.34 bits per heavy atom. The fraction of sp³-hybridized carbons (Fsp3) is 0.476. The van der Waals surface area contributed by atoms with E-state index in [0.29, 0.717) is 6.04 Å². The predicted octanol–water partition coefficient (Wildman–Crippen LogP) is 4.56. The third kappa shape index (κ3) is 4.50. The Labute approximate surface area is 201 Å². The molecule has 8 nitrogen and oxygen atoms in total. The molecule has 1 N–H and O–H groups in total. The van der Waals surface area contributed by atoms with Crippen molar-refractivity contribution >= 4 is 49.9 Å². The minimum absolute atomic E-state index is 0. The van der Waals surface area contributed by atoms with Crippen molar-refractivity contribution in [2.45, 2.75) is 57.7 Å². The molecule has 11 heteroatoms. The normalized spacial score (nSPS) is 17.9. The number of hydrogen-bond acceptors (Lipinski definition) is 9. The lowest BCUT2D eigenvalue weighted by Gasteiger charge is -2.48. The van der Waals surface area contributed by atoms with Crippen molar-refractivity contribution in [2.24, 2.45) is 0 Å². The minimum Gasteiger partial charge on any atom is -0.348 e. The maximum Gasteiger partial charge on any atom is 0.188 e. The van der Waals surface area contributed by atoms with Gasteiger partial charge in [-0.25, -0.2) is 24.9 Å². The first kappa shape index (κ1) is 23.0. The number of aromatic nitrogens is 6. The van der Waals surface area contributed by atoms with Crippen LogP contribution in [0.5, 0.6) is 0 Å². The maximum atomic E-state index is 4.91. The highest BCUT2D eigenvalue weighted by Gasteiger charge is 2.39. The Morgan fingerprint density at radius 1 is 1.03 bits per heavy atom. The number of thiazole rings is 2. The van der Waals surface area contributed by atoms with Crippen LogP contribution in [0.25, 0.3) is 26.2 Å². The topological polar surface area (TPSA) is 84.7 Å². The molecule has 1 aliphatic heterocycles. The van der Waals surface area contributed by atoms with Gasteiger partial charge in [-0.1, -0.05) is 22.7 Å². The molecular formula is C21H27ClN8S2. The Bertz CT molecular complexity index is 1150. The Kier molecular flexibility index (Phi) is 6.00. The van der Waals surface area contributed by atoms with Gasteiger partial charge in [0.2, 0.25) is 0 Å². The molecule has 0 radical (unpaired) electrons. The summed E-state index contributed by atoms with van der Waals surface area (Å²) < 4.78 is 1.82. The monoisotopic (exact) mass is 490 g/mol. The van der Waals surface area contributed by atoms with Gasteiger partial charge in [0.05, 0.1) is 12.4 Å². The first-order valence-corrected chi connectivity index (χ1v) is 11.9. The van der Waals surface area contributed by atoms with Gasteiger partial charge in [0, 0.05) is 36.6 Å². The van der Waals surface area contributed by atoms with Crippen molar-refractivity contribution in [1.82, 2.24) is 34.8 Å². The lowest BCUT2D eigenvalue weighted by Crippen LogP contribution is -2.61. The molecule has 0 aliphatic carbocycles. The molecule has 32 heavy (non-hydrogen) atoms. The highest BCUT2D eigenvalue weighted by Crippen LogP contribution is 2.38. The highest BCUT2D eigenvalue weighted by atomic mass is 35.5. The molecule has 0 aromatic carbocycles. The number of hydrogen-bond donors (Lipinski definition) is 1. The molecule has 1 saturated heterocycles. The summed E-state index contributed by atoms with van der Waals surface area (Å²) in [6.45, 7) is 9.12. The number of rotatable bonds is 4. The third-order valence-corrected chi connectivity index (χ3v) is 7.75. The summed E-state index contributed by atoms with van der Waals surface area (Å²) in [5, 5.41) is 5.63. The lowest BCUT2D eigenvalue weighted by molar-refractivity contribution is 0.161. The van der Waals surface area contributed by atoms with Crippen LogP contribution in [0.1, 0.15) is 40.5 Å². The van der Waals surface area contributed by atoms with Crippen LogP contribution in [0.2, 0.25) is 0 Å². The van der Waals surface area contributed by atoms with Crippen molar-refractivity contribution in [3.63, 3.8) is 0 Å². The summed E-state index contributed by atoms with van der Waals surface area (Å²) in [5.74, 6) is 0.731. The summed E-state index contributed by atoms with van der Waals surface area (Å²) in [7, 11) is 2.16. The van der Waals surface area contributed by atoms with Crippen LogP contribution in [-0.2, 0) is 0 Å². The van der Waals surface area contributed by atoms with Crippen LogP contribution in [0.3, 0.4) is 0 Å². The maximum absolute atomic E-state index is 4.91. The lowest BCUT2D eigenvalue weighted by atomic mass is 9.79. The summed E-state index contributed by atoms with van der Waals surface area (Å²) in [6.07, 6.45) is 10.9. The minimum atomic E-state index is 0. The van der Waals surface area contributed by atoms with Crippen LogP contribution < -0.4 is 10.2 Å². The quantitative estimate of drug-likeness (QED) is 0.448. The van der Waals surface area contributed by atoms with E-state index in [1.807, 2.05) is 10.8 Å². The van der Waals surface area contributed by atoms with Crippen molar-refractivity contribution in [3.05, 3.63) is 31.1 Å². The summed E-state index contributed by atoms with van der Waals surface area (Å²) in [4.78, 5) is 27.0. The summed E-state index contributed by atoms with van der Waals surface area (Å²) in [5.41, 5.74) is 0.959. The Morgan fingerprint density at radius 2 is 1.75 bits per heavy atom. The molecule has 0 bridgehead atoms. The fourth-order valence-corrected chi connectivity index (χ4v) is 6.58. The zero-order valence-electron chi connectivity index (χ0n) is 18.7. The van der Waals surface area contributed by atoms with Gasteiger partial charge in [-0.05, 0) is 40.5 Å². The number of piperidine rings is 1. The van der Waals surface area contributed by atoms with Gasteiger partial charge in [-0.3, -0.25) is 4.57 Å². The van der Waals surface area contributed by atoms with E-state index in [2.05, 4.69) is 59.9 Å². The molecule has 0 unspecified atom stereocenters. The summed E-state index contributed by atoms with van der Waals surface area (Å²) in [6, 6.07) is 0.438. The second-order valence-corrected chi connectivity index (χ2v) is 11.4. The molecule has 170 valence electrons. The van der Waals surface area contributed by atoms with E-state index in [-0.39, 0.29) is 23.5 Å². The number of halogens is 1. The molecule has 0 amide bonds. The number of imidazole rings is 1. The van der Waals surface area contributed by atoms with Crippen LogP contribution in [0, 0.1) is 0 Å². The number of fused-ring (bicyclic) bond motifs is 1. The van der Waals surface area contributed by atoms with E-state index < -0.39 is 0 Å². The van der Waals surface area contributed by atoms with Gasteiger partial charge in [0.15, 0.2) is 20.6 Å². The second-order valence-electron chi connectivity index (χ2n) is 9.42. The second kappa shape index (κ2) is 8.33. The molecule has 0 atom stereocenters. The number of nitrogens with zero attached hydrogens (tertiary/aromatic N) is 7. The van der Waals surface area contributed by atoms with Crippen molar-refractivity contribution in [1.29, 1.82) is 0 Å². The molecule has 4 aromatic heterocycles. The van der Waals surface area contributed by atoms with Crippen molar-refractivity contribution in [2.75, 3.05) is 11.9 Å². The van der Waals surface area contributed by atoms with Crippen LogP contribution in [-0.4, -0.2) is 53.7 Å². The van der Waals surface area contributed by atoms with Crippen LogP contribution in [0.4, 0.5) is 5.13 Å². The Hall–Kier alpha value is -2.14. The van der Waals surface area contributed by atoms with Gasteiger partial charge in [0.1, 0.15) is 17.0 Å². The first-order valence-electron chi connectivity index (χ1n) is 10.3. The van der Waals surface area contributed by atoms with Gasteiger partial charge in [-0.15, -0.1) is 12.4 Å². The molecule has 1 fully saturated rings. The first-order chi connectivity index (χ1) is 14.7. The number of nitrogens with one attached hydrogen (secondary N) is 1. The zero-order chi connectivity index (χ0) is 21.8. The smallest absolute Gasteiger partial charge is 0.188 e. The molecule has 5 rings (SSSR count). The van der Waals surface area contributed by atoms with E-state index in [1.54, 1.807) is 47.6 Å². The average molecular weight is 491 g/mol. The third-order valence-electron chi connectivity index (χ3n) is 5.61. The van der Waals surface area contributed by atoms with Crippen molar-refractivity contribution < 1.29 is 0 Å². The van der Waals surface area contributed by atoms with E-state index in [1.165, 1.54) is 0 Å². The molecular weight excluding hydrogens is 464 g/mol. The Balaban J connectivity index is 0.00000245. The molecule has 5 heterocycles. The van der Waals surface area contributed by atoms with E-state index in [0.717, 1.165) is 44.2 Å². The van der Waals surface area contributed by atoms with Gasteiger partial charge >= 0.3 is 0 Å². The highest BCUT2D eigenvalue weighted by molar-refractivity contribution is 7.29. The van der Waals surface area contributed by atoms with E-state index in [9.17, 15) is 0 Å². The molecule has 1 aliphatic rings. The van der Waals surface area contributed by atoms with Crippen molar-refractivity contribution in [3.8, 4) is 16.5 Å². The molecule has 4 aromatic rings. The summed E-state index contributed by atoms with van der Waals surface area (Å²) >= 11 is 3.21. The van der Waals surface area contributed by atoms with Gasteiger partial charge in [0.25, 0.3) is 0 Å². The van der Waals surface area contributed by atoms with Gasteiger partial charge in [-0.2, -0.15) is 0 Å². The van der Waals surface area contributed by atoms with E-state index >= 15 is 0 Å². The van der Waals surface area contributed by atoms with E-state index in [4.69, 9.17) is 9.97 Å². The molecule has 0 saturated carbocycles. The largest absolute Gasteiger partial charge is 0.348 e. The fourth-order valence-electron chi connectivity index (χ4n) is 4.55. The predicted molar refractivity (Wildman–Crippen MR) is 133 cm³/mol. The van der Waals surface area contributed by atoms with Crippen LogP contribution >= 0.6 is 35.1 Å². The average Bonchev–Trinajstić information content (AvgIpc) is 3.41. The standard InChI is InChI=1S/C21H26N8S2.ClH/c1-20(2)8-13(9-21(3,4)27-20)28(5)19-26-18-17(31-19)25-16(30-18)14-10-24-15(11-23-14)29-7-6-22-12-29;/h6-7,10-13,27H,8-9H2,1-5H3;1H. The van der Waals surface area contributed by atoms with Gasteiger partial charge < -0.3 is 10.2 Å². The number of anilines is 1.